The number of halogens is 1. The molecule has 0 aromatic carbocycles. The third-order valence-corrected chi connectivity index (χ3v) is 4.43. The van der Waals surface area contributed by atoms with Gasteiger partial charge in [0.25, 0.3) is 11.8 Å². The van der Waals surface area contributed by atoms with E-state index in [1.54, 1.807) is 30.0 Å². The number of carbonyl (C=O) groups is 2. The van der Waals surface area contributed by atoms with Gasteiger partial charge in [-0.05, 0) is 13.3 Å². The summed E-state index contributed by atoms with van der Waals surface area (Å²) in [6.45, 7) is 3.28. The predicted octanol–water partition coefficient (Wildman–Crippen LogP) is 1.32. The molecule has 3 heterocycles. The van der Waals surface area contributed by atoms with Crippen molar-refractivity contribution in [3.63, 3.8) is 0 Å². The predicted molar refractivity (Wildman–Crippen MR) is 94.4 cm³/mol. The highest BCUT2D eigenvalue weighted by atomic mass is 35.5. The van der Waals surface area contributed by atoms with Gasteiger partial charge in [0.1, 0.15) is 5.76 Å². The van der Waals surface area contributed by atoms with Gasteiger partial charge in [-0.3, -0.25) is 19.1 Å². The number of hydrogen-bond donors (Lipinski definition) is 0. The summed E-state index contributed by atoms with van der Waals surface area (Å²) in [5, 5.41) is 4.40. The Labute approximate surface area is 154 Å². The van der Waals surface area contributed by atoms with Crippen molar-refractivity contribution in [3.8, 4) is 0 Å². The van der Waals surface area contributed by atoms with Crippen molar-refractivity contribution in [2.45, 2.75) is 13.3 Å². The average molecular weight is 379 g/mol. The number of rotatable bonds is 2. The second-order valence-corrected chi connectivity index (χ2v) is 6.61. The largest absolute Gasteiger partial charge is 0.456 e. The van der Waals surface area contributed by atoms with Crippen LogP contribution in [0.5, 0.6) is 0 Å². The first-order chi connectivity index (χ1) is 12.3. The van der Waals surface area contributed by atoms with E-state index in [9.17, 15) is 14.4 Å². The van der Waals surface area contributed by atoms with Gasteiger partial charge >= 0.3 is 0 Å². The molecule has 2 aromatic heterocycles. The number of nitrogens with zero attached hydrogens (tertiary/aromatic N) is 4. The van der Waals surface area contributed by atoms with Crippen LogP contribution in [-0.2, 0) is 7.05 Å². The molecule has 0 bridgehead atoms. The number of carbonyl (C=O) groups excluding carboxylic acids is 2. The summed E-state index contributed by atoms with van der Waals surface area (Å²) < 4.78 is 6.86. The lowest BCUT2D eigenvalue weighted by Gasteiger charge is -2.21. The molecule has 0 atom stereocenters. The minimum Gasteiger partial charge on any atom is -0.456 e. The van der Waals surface area contributed by atoms with E-state index >= 15 is 0 Å². The monoisotopic (exact) mass is 378 g/mol. The minimum absolute atomic E-state index is 0.0162. The lowest BCUT2D eigenvalue weighted by molar-refractivity contribution is 0.0695. The second kappa shape index (κ2) is 7.33. The Morgan fingerprint density at radius 2 is 1.77 bits per heavy atom. The summed E-state index contributed by atoms with van der Waals surface area (Å²) in [6.07, 6.45) is 2.18. The fourth-order valence-electron chi connectivity index (χ4n) is 2.94. The number of amides is 2. The van der Waals surface area contributed by atoms with Crippen molar-refractivity contribution < 1.29 is 14.0 Å². The molecule has 8 nitrogen and oxygen atoms in total. The van der Waals surface area contributed by atoms with E-state index in [1.807, 2.05) is 0 Å². The molecule has 2 amide bonds. The maximum atomic E-state index is 12.6. The summed E-state index contributed by atoms with van der Waals surface area (Å²) in [7, 11) is 1.70. The Hall–Kier alpha value is -2.61. The lowest BCUT2D eigenvalue weighted by Crippen LogP contribution is -2.37. The van der Waals surface area contributed by atoms with E-state index in [2.05, 4.69) is 5.10 Å². The van der Waals surface area contributed by atoms with Crippen LogP contribution in [-0.4, -0.2) is 57.6 Å². The zero-order chi connectivity index (χ0) is 18.8. The molecular formula is C17H19ClN4O4. The molecule has 0 saturated carbocycles. The normalized spacial score (nSPS) is 15.0. The van der Waals surface area contributed by atoms with Crippen LogP contribution in [0.1, 0.15) is 33.2 Å². The van der Waals surface area contributed by atoms with Crippen LogP contribution in [0.4, 0.5) is 0 Å². The van der Waals surface area contributed by atoms with Crippen LogP contribution in [0.2, 0.25) is 5.02 Å². The van der Waals surface area contributed by atoms with Crippen LogP contribution in [0, 0.1) is 6.92 Å². The fourth-order valence-corrected chi connectivity index (χ4v) is 3.20. The van der Waals surface area contributed by atoms with Gasteiger partial charge in [-0.15, -0.1) is 0 Å². The summed E-state index contributed by atoms with van der Waals surface area (Å²) >= 11 is 6.05. The van der Waals surface area contributed by atoms with Crippen molar-refractivity contribution >= 4 is 23.4 Å². The van der Waals surface area contributed by atoms with E-state index in [0.717, 1.165) is 0 Å². The van der Waals surface area contributed by atoms with Crippen molar-refractivity contribution in [3.05, 3.63) is 50.8 Å². The summed E-state index contributed by atoms with van der Waals surface area (Å²) in [4.78, 5) is 40.1. The molecule has 1 fully saturated rings. The molecule has 0 N–H and O–H groups in total. The Morgan fingerprint density at radius 3 is 2.35 bits per heavy atom. The first kappa shape index (κ1) is 18.2. The minimum atomic E-state index is -0.351. The summed E-state index contributed by atoms with van der Waals surface area (Å²) in [5.41, 5.74) is -0.0628. The molecule has 2 aromatic rings. The van der Waals surface area contributed by atoms with E-state index in [-0.39, 0.29) is 28.7 Å². The molecule has 3 rings (SSSR count). The van der Waals surface area contributed by atoms with Crippen LogP contribution in [0.25, 0.3) is 0 Å². The van der Waals surface area contributed by atoms with Gasteiger partial charge in [-0.2, -0.15) is 5.10 Å². The molecule has 1 aliphatic heterocycles. The molecule has 1 saturated heterocycles. The molecule has 26 heavy (non-hydrogen) atoms. The van der Waals surface area contributed by atoms with E-state index < -0.39 is 0 Å². The SMILES string of the molecule is Cc1cc(=O)cc(C(=O)N2CCCN(C(=O)c3nn(C)cc3Cl)CC2)o1. The van der Waals surface area contributed by atoms with Crippen LogP contribution in [0.3, 0.4) is 0 Å². The van der Waals surface area contributed by atoms with Gasteiger partial charge in [0.15, 0.2) is 16.9 Å². The molecule has 0 unspecified atom stereocenters. The Kier molecular flexibility index (Phi) is 5.13. The van der Waals surface area contributed by atoms with Crippen LogP contribution < -0.4 is 5.43 Å². The number of aryl methyl sites for hydroxylation is 2. The highest BCUT2D eigenvalue weighted by Crippen LogP contribution is 2.17. The van der Waals surface area contributed by atoms with Crippen molar-refractivity contribution in [1.29, 1.82) is 0 Å². The standard InChI is InChI=1S/C17H19ClN4O4/c1-11-8-12(23)9-14(26-11)16(24)21-4-3-5-22(7-6-21)17(25)15-13(18)10-20(2)19-15/h8-10H,3-7H2,1-2H3. The third-order valence-electron chi connectivity index (χ3n) is 4.16. The highest BCUT2D eigenvalue weighted by molar-refractivity contribution is 6.33. The molecule has 138 valence electrons. The lowest BCUT2D eigenvalue weighted by atomic mass is 10.3. The number of aromatic nitrogens is 2. The van der Waals surface area contributed by atoms with Gasteiger partial charge in [0, 0.05) is 51.6 Å². The zero-order valence-corrected chi connectivity index (χ0v) is 15.3. The van der Waals surface area contributed by atoms with Gasteiger partial charge < -0.3 is 14.2 Å². The molecule has 0 radical (unpaired) electrons. The third kappa shape index (κ3) is 3.80. The van der Waals surface area contributed by atoms with Crippen molar-refractivity contribution in [2.24, 2.45) is 7.05 Å². The second-order valence-electron chi connectivity index (χ2n) is 6.21. The molecule has 9 heteroatoms. The first-order valence-electron chi connectivity index (χ1n) is 8.24. The number of hydrogen-bond acceptors (Lipinski definition) is 5. The van der Waals surface area contributed by atoms with Gasteiger partial charge in [0.05, 0.1) is 5.02 Å². The Bertz CT molecular complexity index is 904. The molecule has 1 aliphatic rings. The quantitative estimate of drug-likeness (QED) is 0.786. The first-order valence-corrected chi connectivity index (χ1v) is 8.62. The zero-order valence-electron chi connectivity index (χ0n) is 14.6. The summed E-state index contributed by atoms with van der Waals surface area (Å²) in [5.74, 6) is -0.206. The van der Waals surface area contributed by atoms with E-state index in [0.29, 0.717) is 43.4 Å². The van der Waals surface area contributed by atoms with Crippen LogP contribution >= 0.6 is 11.6 Å². The highest BCUT2D eigenvalue weighted by Gasteiger charge is 2.27. The maximum absolute atomic E-state index is 12.6. The topological polar surface area (TPSA) is 88.7 Å². The van der Waals surface area contributed by atoms with Crippen molar-refractivity contribution in [2.75, 3.05) is 26.2 Å². The molecule has 0 aliphatic carbocycles. The maximum Gasteiger partial charge on any atom is 0.289 e. The van der Waals surface area contributed by atoms with Crippen molar-refractivity contribution in [1.82, 2.24) is 19.6 Å². The Morgan fingerprint density at radius 1 is 1.12 bits per heavy atom. The Balaban J connectivity index is 1.71. The van der Waals surface area contributed by atoms with Gasteiger partial charge in [0.2, 0.25) is 0 Å². The van der Waals surface area contributed by atoms with Crippen LogP contribution in [0.15, 0.2) is 27.5 Å². The molecule has 0 spiro atoms. The van der Waals surface area contributed by atoms with Gasteiger partial charge in [-0.1, -0.05) is 11.6 Å². The van der Waals surface area contributed by atoms with E-state index in [1.165, 1.54) is 16.8 Å². The average Bonchev–Trinajstić information content (AvgIpc) is 2.78. The van der Waals surface area contributed by atoms with Gasteiger partial charge in [-0.25, -0.2) is 0 Å². The molecular weight excluding hydrogens is 360 g/mol. The summed E-state index contributed by atoms with van der Waals surface area (Å²) in [6, 6.07) is 2.52. The smallest absolute Gasteiger partial charge is 0.289 e. The fraction of sp³-hybridized carbons (Fsp3) is 0.412. The van der Waals surface area contributed by atoms with E-state index in [4.69, 9.17) is 16.0 Å².